The van der Waals surface area contributed by atoms with Gasteiger partial charge in [0.1, 0.15) is 0 Å². The Bertz CT molecular complexity index is 284. The second-order valence-electron chi connectivity index (χ2n) is 2.11. The first-order valence-electron chi connectivity index (χ1n) is 3.10. The Hall–Kier alpha value is -1.31. The van der Waals surface area contributed by atoms with Crippen LogP contribution in [0, 0.1) is 11.3 Å². The molecule has 1 rings (SSSR count). The molecule has 0 radical (unpaired) electrons. The average molecular weight is 151 g/mol. The highest BCUT2D eigenvalue weighted by Gasteiger charge is 2.08. The molecule has 0 aliphatic heterocycles. The Kier molecular flexibility index (Phi) is 2.26. The Balaban J connectivity index is 0. The standard InChI is InChI=1S/C7H6BNO2.2H2/c9-5-6-1-3-7(4-2-6)8(10)11;;/h1-4,10-11H;2*1H. The van der Waals surface area contributed by atoms with Crippen molar-refractivity contribution in [3.8, 4) is 6.07 Å². The maximum Gasteiger partial charge on any atom is 0.488 e. The molecule has 1 aromatic carbocycles. The van der Waals surface area contributed by atoms with Crippen molar-refractivity contribution in [2.75, 3.05) is 0 Å². The van der Waals surface area contributed by atoms with Crippen LogP contribution in [0.1, 0.15) is 8.42 Å². The van der Waals surface area contributed by atoms with Crippen molar-refractivity contribution >= 4 is 12.6 Å². The van der Waals surface area contributed by atoms with Gasteiger partial charge in [0, 0.05) is 2.85 Å². The normalized spacial score (nSPS) is 8.82. The first kappa shape index (κ1) is 7.80. The van der Waals surface area contributed by atoms with Gasteiger partial charge in [-0.05, 0) is 17.6 Å². The Morgan fingerprint density at radius 1 is 1.27 bits per heavy atom. The minimum atomic E-state index is -1.46. The highest BCUT2D eigenvalue weighted by Crippen LogP contribution is 1.93. The molecule has 0 saturated heterocycles. The lowest BCUT2D eigenvalue weighted by Crippen LogP contribution is -2.29. The summed E-state index contributed by atoms with van der Waals surface area (Å²) in [6.07, 6.45) is 0. The number of rotatable bonds is 1. The summed E-state index contributed by atoms with van der Waals surface area (Å²) < 4.78 is 0. The van der Waals surface area contributed by atoms with Crippen LogP contribution in [0.15, 0.2) is 24.3 Å². The van der Waals surface area contributed by atoms with Crippen molar-refractivity contribution in [2.45, 2.75) is 0 Å². The van der Waals surface area contributed by atoms with Crippen LogP contribution in [0.25, 0.3) is 0 Å². The average Bonchev–Trinajstić information content (AvgIpc) is 2.05. The van der Waals surface area contributed by atoms with Gasteiger partial charge in [0.25, 0.3) is 0 Å². The maximum absolute atomic E-state index is 8.66. The van der Waals surface area contributed by atoms with E-state index >= 15 is 0 Å². The minimum Gasteiger partial charge on any atom is -0.423 e. The molecule has 0 fully saturated rings. The number of nitriles is 1. The summed E-state index contributed by atoms with van der Waals surface area (Å²) in [7, 11) is -1.46. The van der Waals surface area contributed by atoms with E-state index in [1.54, 1.807) is 0 Å². The van der Waals surface area contributed by atoms with Crippen molar-refractivity contribution < 1.29 is 12.9 Å². The molecule has 0 aliphatic rings. The predicted octanol–water partition coefficient (Wildman–Crippen LogP) is -0.270. The third-order valence-electron chi connectivity index (χ3n) is 1.34. The van der Waals surface area contributed by atoms with Crippen LogP contribution in [0.5, 0.6) is 0 Å². The van der Waals surface area contributed by atoms with Gasteiger partial charge in [-0.25, -0.2) is 0 Å². The summed E-state index contributed by atoms with van der Waals surface area (Å²) in [6, 6.07) is 8.01. The molecule has 3 nitrogen and oxygen atoms in total. The molecule has 4 heteroatoms. The van der Waals surface area contributed by atoms with Gasteiger partial charge in [0.15, 0.2) is 0 Å². The molecule has 0 aliphatic carbocycles. The SMILES string of the molecule is N#Cc1ccc(B(O)O)cc1.[HH].[HH]. The lowest BCUT2D eigenvalue weighted by Gasteiger charge is -1.96. The summed E-state index contributed by atoms with van der Waals surface area (Å²) in [4.78, 5) is 0. The van der Waals surface area contributed by atoms with Crippen LogP contribution in [-0.2, 0) is 0 Å². The van der Waals surface area contributed by atoms with Crippen LogP contribution in [-0.4, -0.2) is 17.2 Å². The van der Waals surface area contributed by atoms with Crippen molar-refractivity contribution in [2.24, 2.45) is 0 Å². The van der Waals surface area contributed by atoms with Gasteiger partial charge in [0.2, 0.25) is 0 Å². The minimum absolute atomic E-state index is 0. The number of hydrogen-bond acceptors (Lipinski definition) is 3. The molecule has 2 N–H and O–H groups in total. The Morgan fingerprint density at radius 3 is 2.18 bits per heavy atom. The molecule has 0 aromatic heterocycles. The molecule has 0 bridgehead atoms. The third-order valence-corrected chi connectivity index (χ3v) is 1.34. The van der Waals surface area contributed by atoms with E-state index in [4.69, 9.17) is 15.3 Å². The second kappa shape index (κ2) is 3.19. The third kappa shape index (κ3) is 1.80. The fraction of sp³-hybridized carbons (Fsp3) is 0. The highest BCUT2D eigenvalue weighted by molar-refractivity contribution is 6.58. The largest absolute Gasteiger partial charge is 0.488 e. The first-order chi connectivity index (χ1) is 5.24. The summed E-state index contributed by atoms with van der Waals surface area (Å²) in [5.41, 5.74) is 0.901. The Morgan fingerprint density at radius 2 is 1.82 bits per heavy atom. The molecule has 0 atom stereocenters. The zero-order valence-electron chi connectivity index (χ0n) is 5.73. The molecule has 0 spiro atoms. The van der Waals surface area contributed by atoms with Gasteiger partial charge < -0.3 is 10.0 Å². The van der Waals surface area contributed by atoms with E-state index in [0.29, 0.717) is 11.0 Å². The van der Waals surface area contributed by atoms with Crippen LogP contribution in [0.4, 0.5) is 0 Å². The molecule has 11 heavy (non-hydrogen) atoms. The van der Waals surface area contributed by atoms with E-state index in [0.717, 1.165) is 0 Å². The quantitative estimate of drug-likeness (QED) is 0.543. The van der Waals surface area contributed by atoms with Crippen LogP contribution in [0.3, 0.4) is 0 Å². The number of hydrogen-bond donors (Lipinski definition) is 2. The van der Waals surface area contributed by atoms with Crippen LogP contribution < -0.4 is 5.46 Å². The van der Waals surface area contributed by atoms with E-state index in [-0.39, 0.29) is 2.85 Å². The molecule has 0 amide bonds. The maximum atomic E-state index is 8.66. The van der Waals surface area contributed by atoms with Gasteiger partial charge >= 0.3 is 7.12 Å². The van der Waals surface area contributed by atoms with Gasteiger partial charge in [-0.2, -0.15) is 5.26 Å². The lowest BCUT2D eigenvalue weighted by molar-refractivity contribution is 0.426. The first-order valence-corrected chi connectivity index (χ1v) is 3.10. The molecular weight excluding hydrogens is 141 g/mol. The lowest BCUT2D eigenvalue weighted by atomic mass is 9.80. The molecule has 0 saturated carbocycles. The molecule has 1 aromatic rings. The van der Waals surface area contributed by atoms with E-state index in [2.05, 4.69) is 0 Å². The van der Waals surface area contributed by atoms with Crippen LogP contribution in [0.2, 0.25) is 0 Å². The van der Waals surface area contributed by atoms with Gasteiger partial charge in [-0.1, -0.05) is 12.1 Å². The summed E-state index contributed by atoms with van der Waals surface area (Å²) in [5, 5.41) is 25.7. The topological polar surface area (TPSA) is 64.2 Å². The summed E-state index contributed by atoms with van der Waals surface area (Å²) in [5.74, 6) is 0. The molecule has 0 heterocycles. The van der Waals surface area contributed by atoms with Crippen molar-refractivity contribution in [1.82, 2.24) is 0 Å². The zero-order chi connectivity index (χ0) is 8.27. The zero-order valence-corrected chi connectivity index (χ0v) is 5.73. The van der Waals surface area contributed by atoms with E-state index in [9.17, 15) is 0 Å². The number of nitrogens with zero attached hydrogens (tertiary/aromatic N) is 1. The van der Waals surface area contributed by atoms with E-state index in [1.807, 2.05) is 6.07 Å². The summed E-state index contributed by atoms with van der Waals surface area (Å²) >= 11 is 0. The van der Waals surface area contributed by atoms with Gasteiger partial charge in [-0.3, -0.25) is 0 Å². The van der Waals surface area contributed by atoms with Crippen molar-refractivity contribution in [3.63, 3.8) is 0 Å². The molecular formula is C7H10BNO2. The van der Waals surface area contributed by atoms with Gasteiger partial charge in [0.05, 0.1) is 11.6 Å². The monoisotopic (exact) mass is 151 g/mol. The molecule has 58 valence electrons. The fourth-order valence-electron chi connectivity index (χ4n) is 0.730. The number of benzene rings is 1. The molecule has 0 unspecified atom stereocenters. The van der Waals surface area contributed by atoms with Crippen LogP contribution >= 0.6 is 0 Å². The predicted molar refractivity (Wildman–Crippen MR) is 45.2 cm³/mol. The van der Waals surface area contributed by atoms with E-state index in [1.165, 1.54) is 24.3 Å². The second-order valence-corrected chi connectivity index (χ2v) is 2.11. The summed E-state index contributed by atoms with van der Waals surface area (Å²) in [6.45, 7) is 0. The van der Waals surface area contributed by atoms with Gasteiger partial charge in [-0.15, -0.1) is 0 Å². The fourth-order valence-corrected chi connectivity index (χ4v) is 0.730. The van der Waals surface area contributed by atoms with E-state index < -0.39 is 7.12 Å². The van der Waals surface area contributed by atoms with Crippen molar-refractivity contribution in [3.05, 3.63) is 29.8 Å². The highest BCUT2D eigenvalue weighted by atomic mass is 16.4. The van der Waals surface area contributed by atoms with Crippen molar-refractivity contribution in [1.29, 1.82) is 5.26 Å². The Labute approximate surface area is 67.6 Å². The smallest absolute Gasteiger partial charge is 0.423 e.